The van der Waals surface area contributed by atoms with Crippen molar-refractivity contribution in [2.24, 2.45) is 7.05 Å². The highest BCUT2D eigenvalue weighted by atomic mass is 15.3. The molecule has 5 heteroatoms. The smallest absolute Gasteiger partial charge is 0.145 e. The van der Waals surface area contributed by atoms with E-state index in [0.717, 1.165) is 11.4 Å². The van der Waals surface area contributed by atoms with Crippen LogP contribution in [0, 0.1) is 0 Å². The van der Waals surface area contributed by atoms with Crippen LogP contribution in [0.25, 0.3) is 11.4 Å². The minimum Gasteiger partial charge on any atom is -0.382 e. The number of H-pyrrole nitrogens is 1. The number of hydrogen-bond donors (Lipinski definition) is 2. The van der Waals surface area contributed by atoms with Gasteiger partial charge in [0, 0.05) is 19.3 Å². The summed E-state index contributed by atoms with van der Waals surface area (Å²) in [5.74, 6) is 0.492. The van der Waals surface area contributed by atoms with Crippen LogP contribution >= 0.6 is 0 Å². The normalized spacial score (nSPS) is 10.4. The average Bonchev–Trinajstić information content (AvgIpc) is 2.58. The van der Waals surface area contributed by atoms with Gasteiger partial charge in [-0.1, -0.05) is 0 Å². The van der Waals surface area contributed by atoms with Gasteiger partial charge < -0.3 is 5.73 Å². The minimum absolute atomic E-state index is 0.492. The van der Waals surface area contributed by atoms with E-state index in [2.05, 4.69) is 15.3 Å². The van der Waals surface area contributed by atoms with Crippen LogP contribution in [0.1, 0.15) is 0 Å². The predicted molar refractivity (Wildman–Crippen MR) is 45.2 cm³/mol. The molecule has 0 fully saturated rings. The van der Waals surface area contributed by atoms with Gasteiger partial charge in [0.25, 0.3) is 0 Å². The largest absolute Gasteiger partial charge is 0.382 e. The van der Waals surface area contributed by atoms with Crippen molar-refractivity contribution in [1.29, 1.82) is 0 Å². The third-order valence-electron chi connectivity index (χ3n) is 1.69. The summed E-state index contributed by atoms with van der Waals surface area (Å²) < 4.78 is 1.76. The van der Waals surface area contributed by atoms with E-state index < -0.39 is 0 Å². The number of nitrogens with zero attached hydrogens (tertiary/aromatic N) is 3. The van der Waals surface area contributed by atoms with E-state index in [9.17, 15) is 0 Å². The second-order valence-electron chi connectivity index (χ2n) is 2.55. The first-order valence-electron chi connectivity index (χ1n) is 3.56. The molecule has 2 aromatic heterocycles. The highest BCUT2D eigenvalue weighted by Crippen LogP contribution is 2.16. The fraction of sp³-hybridized carbons (Fsp3) is 0.143. The Morgan fingerprint density at radius 1 is 1.58 bits per heavy atom. The van der Waals surface area contributed by atoms with Crippen molar-refractivity contribution >= 4 is 5.82 Å². The van der Waals surface area contributed by atoms with Gasteiger partial charge in [0.2, 0.25) is 0 Å². The number of nitrogens with one attached hydrogen (secondary N) is 1. The van der Waals surface area contributed by atoms with Crippen LogP contribution < -0.4 is 5.73 Å². The molecule has 0 unspecified atom stereocenters. The van der Waals surface area contributed by atoms with E-state index in [0.29, 0.717) is 5.82 Å². The number of aromatic nitrogens is 4. The monoisotopic (exact) mass is 163 g/mol. The molecule has 0 radical (unpaired) electrons. The second-order valence-corrected chi connectivity index (χ2v) is 2.55. The molecule has 0 spiro atoms. The average molecular weight is 163 g/mol. The Morgan fingerprint density at radius 2 is 2.42 bits per heavy atom. The molecule has 0 amide bonds. The van der Waals surface area contributed by atoms with Crippen LogP contribution in [0.3, 0.4) is 0 Å². The van der Waals surface area contributed by atoms with Crippen molar-refractivity contribution in [3.63, 3.8) is 0 Å². The zero-order valence-corrected chi connectivity index (χ0v) is 6.65. The Labute approximate surface area is 69.2 Å². The summed E-state index contributed by atoms with van der Waals surface area (Å²) in [5.41, 5.74) is 7.32. The first-order chi connectivity index (χ1) is 5.77. The van der Waals surface area contributed by atoms with E-state index in [1.807, 2.05) is 13.1 Å². The molecule has 0 aliphatic heterocycles. The molecule has 5 nitrogen and oxygen atoms in total. The first kappa shape index (κ1) is 6.90. The summed E-state index contributed by atoms with van der Waals surface area (Å²) >= 11 is 0. The first-order valence-corrected chi connectivity index (χ1v) is 3.56. The van der Waals surface area contributed by atoms with Crippen molar-refractivity contribution in [3.05, 3.63) is 18.3 Å². The van der Waals surface area contributed by atoms with E-state index in [-0.39, 0.29) is 0 Å². The molecular weight excluding hydrogens is 154 g/mol. The lowest BCUT2D eigenvalue weighted by Gasteiger charge is -1.95. The Balaban J connectivity index is 2.50. The molecule has 0 aromatic carbocycles. The number of nitrogens with two attached hydrogens (primary N) is 1. The third-order valence-corrected chi connectivity index (χ3v) is 1.69. The van der Waals surface area contributed by atoms with Crippen molar-refractivity contribution in [1.82, 2.24) is 20.0 Å². The van der Waals surface area contributed by atoms with Gasteiger partial charge in [0.1, 0.15) is 5.82 Å². The summed E-state index contributed by atoms with van der Waals surface area (Å²) in [6, 6.07) is 3.67. The highest BCUT2D eigenvalue weighted by Gasteiger charge is 2.04. The molecule has 0 saturated heterocycles. The zero-order chi connectivity index (χ0) is 8.55. The number of aryl methyl sites for hydroxylation is 1. The maximum absolute atomic E-state index is 5.46. The summed E-state index contributed by atoms with van der Waals surface area (Å²) in [4.78, 5) is 0. The lowest BCUT2D eigenvalue weighted by Crippen LogP contribution is -1.92. The molecule has 3 N–H and O–H groups in total. The Hall–Kier alpha value is -1.78. The Kier molecular flexibility index (Phi) is 1.36. The highest BCUT2D eigenvalue weighted by molar-refractivity contribution is 5.57. The second kappa shape index (κ2) is 2.37. The lowest BCUT2D eigenvalue weighted by atomic mass is 10.3. The molecule has 2 rings (SSSR count). The zero-order valence-electron chi connectivity index (χ0n) is 6.65. The minimum atomic E-state index is 0.492. The van der Waals surface area contributed by atoms with Gasteiger partial charge in [-0.25, -0.2) is 0 Å². The van der Waals surface area contributed by atoms with Crippen LogP contribution in [0.15, 0.2) is 18.3 Å². The van der Waals surface area contributed by atoms with Crippen LogP contribution in [0.2, 0.25) is 0 Å². The van der Waals surface area contributed by atoms with E-state index in [1.165, 1.54) is 0 Å². The molecule has 2 aromatic rings. The fourth-order valence-electron chi connectivity index (χ4n) is 1.11. The molecule has 0 bridgehead atoms. The summed E-state index contributed by atoms with van der Waals surface area (Å²) in [5, 5.41) is 10.7. The van der Waals surface area contributed by atoms with E-state index >= 15 is 0 Å². The van der Waals surface area contributed by atoms with Crippen molar-refractivity contribution in [3.8, 4) is 11.4 Å². The lowest BCUT2D eigenvalue weighted by molar-refractivity contribution is 0.772. The molecule has 0 aliphatic carbocycles. The molecule has 62 valence electrons. The summed E-state index contributed by atoms with van der Waals surface area (Å²) in [6.07, 6.45) is 1.73. The number of aromatic amines is 1. The van der Waals surface area contributed by atoms with Gasteiger partial charge in [-0.05, 0) is 6.07 Å². The van der Waals surface area contributed by atoms with Gasteiger partial charge in [-0.15, -0.1) is 0 Å². The maximum atomic E-state index is 5.46. The predicted octanol–water partition coefficient (Wildman–Crippen LogP) is 0.392. The van der Waals surface area contributed by atoms with Gasteiger partial charge in [0.05, 0.1) is 11.4 Å². The molecule has 12 heavy (non-hydrogen) atoms. The number of anilines is 1. The molecule has 0 aliphatic rings. The van der Waals surface area contributed by atoms with Gasteiger partial charge >= 0.3 is 0 Å². The molecule has 0 atom stereocenters. The van der Waals surface area contributed by atoms with Crippen molar-refractivity contribution < 1.29 is 0 Å². The molecular formula is C7H9N5. The third kappa shape index (κ3) is 0.952. The Morgan fingerprint density at radius 3 is 2.92 bits per heavy atom. The van der Waals surface area contributed by atoms with E-state index in [1.54, 1.807) is 16.9 Å². The van der Waals surface area contributed by atoms with Gasteiger partial charge in [-0.3, -0.25) is 9.78 Å². The summed E-state index contributed by atoms with van der Waals surface area (Å²) in [7, 11) is 1.87. The SMILES string of the molecule is Cn1nccc1-c1cc(N)n[nH]1. The molecule has 0 saturated carbocycles. The van der Waals surface area contributed by atoms with Crippen LogP contribution in [0.4, 0.5) is 5.82 Å². The molecule has 2 heterocycles. The van der Waals surface area contributed by atoms with Crippen LogP contribution in [-0.2, 0) is 7.05 Å². The van der Waals surface area contributed by atoms with Crippen LogP contribution in [-0.4, -0.2) is 20.0 Å². The number of hydrogen-bond acceptors (Lipinski definition) is 3. The topological polar surface area (TPSA) is 72.5 Å². The fourth-order valence-corrected chi connectivity index (χ4v) is 1.11. The Bertz CT molecular complexity index is 386. The number of rotatable bonds is 1. The number of nitrogen functional groups attached to an aromatic ring is 1. The van der Waals surface area contributed by atoms with Gasteiger partial charge in [-0.2, -0.15) is 10.2 Å². The van der Waals surface area contributed by atoms with E-state index in [4.69, 9.17) is 5.73 Å². The maximum Gasteiger partial charge on any atom is 0.145 e. The van der Waals surface area contributed by atoms with Crippen molar-refractivity contribution in [2.45, 2.75) is 0 Å². The quantitative estimate of drug-likeness (QED) is 0.638. The standard InChI is InChI=1S/C7H9N5/c1-12-6(2-3-9-12)5-4-7(8)11-10-5/h2-4H,1H3,(H3,8,10,11). The summed E-state index contributed by atoms with van der Waals surface area (Å²) in [6.45, 7) is 0. The van der Waals surface area contributed by atoms with Crippen LogP contribution in [0.5, 0.6) is 0 Å². The van der Waals surface area contributed by atoms with Crippen molar-refractivity contribution in [2.75, 3.05) is 5.73 Å². The van der Waals surface area contributed by atoms with Gasteiger partial charge in [0.15, 0.2) is 0 Å².